The largest absolute Gasteiger partial charge is 0.336 e. The molecule has 0 bridgehead atoms. The van der Waals surface area contributed by atoms with Gasteiger partial charge in [0.05, 0.1) is 18.4 Å². The van der Waals surface area contributed by atoms with Gasteiger partial charge in [-0.05, 0) is 53.9 Å². The maximum absolute atomic E-state index is 13.1. The van der Waals surface area contributed by atoms with Gasteiger partial charge in [-0.25, -0.2) is 0 Å². The van der Waals surface area contributed by atoms with Crippen LogP contribution < -0.4 is 5.32 Å². The van der Waals surface area contributed by atoms with E-state index >= 15 is 0 Å². The van der Waals surface area contributed by atoms with E-state index in [4.69, 9.17) is 0 Å². The van der Waals surface area contributed by atoms with Gasteiger partial charge >= 0.3 is 0 Å². The summed E-state index contributed by atoms with van der Waals surface area (Å²) in [6, 6.07) is 15.8. The van der Waals surface area contributed by atoms with Gasteiger partial charge in [-0.15, -0.1) is 0 Å². The van der Waals surface area contributed by atoms with Gasteiger partial charge in [0.25, 0.3) is 11.8 Å². The molecule has 1 fully saturated rings. The molecule has 2 heterocycles. The van der Waals surface area contributed by atoms with Crippen molar-refractivity contribution in [2.45, 2.75) is 19.4 Å². The molecular formula is C32H31N5O3. The molecule has 40 heavy (non-hydrogen) atoms. The Morgan fingerprint density at radius 3 is 2.60 bits per heavy atom. The first-order valence-electron chi connectivity index (χ1n) is 13.6. The number of benzene rings is 2. The van der Waals surface area contributed by atoms with Crippen molar-refractivity contribution in [2.75, 3.05) is 38.5 Å². The standard InChI is InChI=1S/C32H31N5O3/c1-35-11-13-36(14-12-35)32(40)25-8-7-23-15-27(17-26(23)16-25)29-18-24(9-10-30(29)38)31(39)34-28-19-33-37(21-28)20-22-5-3-2-4-6-22/h2-9,16-19,21H,10-15,20H2,1H3,(H,34,39). The summed E-state index contributed by atoms with van der Waals surface area (Å²) in [7, 11) is 2.07. The molecular weight excluding hydrogens is 502 g/mol. The zero-order chi connectivity index (χ0) is 27.6. The van der Waals surface area contributed by atoms with E-state index in [0.717, 1.165) is 48.4 Å². The summed E-state index contributed by atoms with van der Waals surface area (Å²) < 4.78 is 1.77. The molecule has 202 valence electrons. The van der Waals surface area contributed by atoms with Crippen LogP contribution in [0.15, 0.2) is 89.8 Å². The van der Waals surface area contributed by atoms with Crippen LogP contribution in [0.25, 0.3) is 6.08 Å². The third-order valence-electron chi connectivity index (χ3n) is 7.69. The van der Waals surface area contributed by atoms with Crippen LogP contribution in [-0.2, 0) is 22.6 Å². The fraction of sp³-hybridized carbons (Fsp3) is 0.250. The number of carbonyl (C=O) groups is 3. The van der Waals surface area contributed by atoms with Crippen LogP contribution in [0.2, 0.25) is 0 Å². The first-order chi connectivity index (χ1) is 19.4. The second-order valence-electron chi connectivity index (χ2n) is 10.6. The van der Waals surface area contributed by atoms with Crippen molar-refractivity contribution in [3.8, 4) is 0 Å². The lowest BCUT2D eigenvalue weighted by Gasteiger charge is -2.32. The number of ketones is 1. The van der Waals surface area contributed by atoms with Crippen molar-refractivity contribution >= 4 is 29.4 Å². The number of nitrogens with zero attached hydrogens (tertiary/aromatic N) is 4. The van der Waals surface area contributed by atoms with Crippen molar-refractivity contribution in [3.63, 3.8) is 0 Å². The molecule has 8 nitrogen and oxygen atoms in total. The molecule has 8 heteroatoms. The number of fused-ring (bicyclic) bond motifs is 1. The van der Waals surface area contributed by atoms with E-state index in [1.165, 1.54) is 0 Å². The molecule has 6 rings (SSSR count). The minimum Gasteiger partial charge on any atom is -0.336 e. The number of piperazine rings is 1. The molecule has 0 atom stereocenters. The highest BCUT2D eigenvalue weighted by Crippen LogP contribution is 2.33. The normalized spacial score (nSPS) is 17.2. The van der Waals surface area contributed by atoms with Crippen molar-refractivity contribution < 1.29 is 14.4 Å². The van der Waals surface area contributed by atoms with Crippen molar-refractivity contribution in [3.05, 3.63) is 112 Å². The van der Waals surface area contributed by atoms with E-state index in [-0.39, 0.29) is 24.0 Å². The van der Waals surface area contributed by atoms with Gasteiger partial charge in [0.15, 0.2) is 5.78 Å². The Morgan fingerprint density at radius 1 is 1.00 bits per heavy atom. The van der Waals surface area contributed by atoms with E-state index < -0.39 is 0 Å². The van der Waals surface area contributed by atoms with Crippen LogP contribution in [0, 0.1) is 0 Å². The molecule has 2 amide bonds. The second kappa shape index (κ2) is 10.9. The van der Waals surface area contributed by atoms with Crippen molar-refractivity contribution in [1.82, 2.24) is 19.6 Å². The van der Waals surface area contributed by atoms with Crippen molar-refractivity contribution in [2.24, 2.45) is 0 Å². The molecule has 1 aliphatic heterocycles. The minimum atomic E-state index is -0.277. The lowest BCUT2D eigenvalue weighted by Crippen LogP contribution is -2.47. The zero-order valence-corrected chi connectivity index (χ0v) is 22.5. The van der Waals surface area contributed by atoms with Crippen LogP contribution in [0.4, 0.5) is 5.69 Å². The number of carbonyl (C=O) groups excluding carboxylic acids is 3. The van der Waals surface area contributed by atoms with Gasteiger partial charge in [0.2, 0.25) is 0 Å². The molecule has 3 aromatic rings. The predicted molar refractivity (Wildman–Crippen MR) is 154 cm³/mol. The monoisotopic (exact) mass is 533 g/mol. The highest BCUT2D eigenvalue weighted by Gasteiger charge is 2.26. The maximum atomic E-state index is 13.1. The van der Waals surface area contributed by atoms with Gasteiger partial charge in [0, 0.05) is 55.5 Å². The Bertz CT molecular complexity index is 1570. The molecule has 0 spiro atoms. The Morgan fingerprint density at radius 2 is 1.80 bits per heavy atom. The number of allylic oxidation sites excluding steroid dienone is 3. The first-order valence-corrected chi connectivity index (χ1v) is 13.6. The molecule has 0 saturated carbocycles. The molecule has 1 N–H and O–H groups in total. The maximum Gasteiger partial charge on any atom is 0.255 e. The van der Waals surface area contributed by atoms with Gasteiger partial charge < -0.3 is 15.1 Å². The van der Waals surface area contributed by atoms with Crippen LogP contribution in [0.3, 0.4) is 0 Å². The van der Waals surface area contributed by atoms with Gasteiger partial charge in [0.1, 0.15) is 0 Å². The number of nitrogens with one attached hydrogen (secondary N) is 1. The van der Waals surface area contributed by atoms with Crippen molar-refractivity contribution in [1.29, 1.82) is 0 Å². The van der Waals surface area contributed by atoms with Crippen LogP contribution >= 0.6 is 0 Å². The number of hydrogen-bond acceptors (Lipinski definition) is 5. The fourth-order valence-corrected chi connectivity index (χ4v) is 5.36. The van der Waals surface area contributed by atoms with Gasteiger partial charge in [-0.2, -0.15) is 5.10 Å². The molecule has 3 aliphatic rings. The Kier molecular flexibility index (Phi) is 7.00. The Labute approximate surface area is 233 Å². The third-order valence-corrected chi connectivity index (χ3v) is 7.69. The van der Waals surface area contributed by atoms with E-state index in [1.54, 1.807) is 29.2 Å². The van der Waals surface area contributed by atoms with E-state index in [0.29, 0.717) is 35.4 Å². The number of rotatable bonds is 6. The average molecular weight is 534 g/mol. The number of hydrogen-bond donors (Lipinski definition) is 1. The van der Waals surface area contributed by atoms with E-state index in [9.17, 15) is 14.4 Å². The van der Waals surface area contributed by atoms with E-state index in [1.807, 2.05) is 59.5 Å². The summed E-state index contributed by atoms with van der Waals surface area (Å²) in [5, 5.41) is 7.25. The summed E-state index contributed by atoms with van der Waals surface area (Å²) in [6.07, 6.45) is 9.51. The molecule has 0 radical (unpaired) electrons. The summed E-state index contributed by atoms with van der Waals surface area (Å²) in [6.45, 7) is 3.79. The van der Waals surface area contributed by atoms with E-state index in [2.05, 4.69) is 22.4 Å². The Balaban J connectivity index is 1.14. The summed E-state index contributed by atoms with van der Waals surface area (Å²) >= 11 is 0. The summed E-state index contributed by atoms with van der Waals surface area (Å²) in [5.74, 6) is -0.250. The summed E-state index contributed by atoms with van der Waals surface area (Å²) in [4.78, 5) is 43.1. The highest BCUT2D eigenvalue weighted by atomic mass is 16.2. The third kappa shape index (κ3) is 5.44. The SMILES string of the molecule is CN1CCN(C(=O)c2ccc3c(c2)C=C(C2=CC(C(=O)Nc4cnn(Cc5ccccc5)c4)=CCC2=O)C3)CC1. The number of aromatic nitrogens is 2. The molecule has 1 saturated heterocycles. The smallest absolute Gasteiger partial charge is 0.255 e. The Hall–Kier alpha value is -4.56. The van der Waals surface area contributed by atoms with Crippen LogP contribution in [0.1, 0.15) is 33.5 Å². The lowest BCUT2D eigenvalue weighted by molar-refractivity contribution is -0.114. The number of anilines is 1. The average Bonchev–Trinajstić information content (AvgIpc) is 3.60. The quantitative estimate of drug-likeness (QED) is 0.522. The molecule has 1 aromatic heterocycles. The number of Topliss-reactive ketones (excluding diaryl/α,β-unsaturated/α-hetero) is 1. The second-order valence-corrected chi connectivity index (χ2v) is 10.6. The first kappa shape index (κ1) is 25.7. The lowest BCUT2D eigenvalue weighted by atomic mass is 9.91. The van der Waals surface area contributed by atoms with Gasteiger partial charge in [-0.3, -0.25) is 19.1 Å². The van der Waals surface area contributed by atoms with Gasteiger partial charge in [-0.1, -0.05) is 48.6 Å². The topological polar surface area (TPSA) is 87.5 Å². The van der Waals surface area contributed by atoms with Crippen LogP contribution in [0.5, 0.6) is 0 Å². The summed E-state index contributed by atoms with van der Waals surface area (Å²) in [5.41, 5.74) is 6.28. The fourth-order valence-electron chi connectivity index (χ4n) is 5.36. The zero-order valence-electron chi connectivity index (χ0n) is 22.5. The molecule has 2 aliphatic carbocycles. The predicted octanol–water partition coefficient (Wildman–Crippen LogP) is 3.72. The number of amides is 2. The van der Waals surface area contributed by atoms with Crippen LogP contribution in [-0.4, -0.2) is 70.4 Å². The molecule has 2 aromatic carbocycles. The number of likely N-dealkylation sites (N-methyl/N-ethyl adjacent to an activating group) is 1. The highest BCUT2D eigenvalue weighted by molar-refractivity contribution is 6.12. The molecule has 0 unspecified atom stereocenters. The minimum absolute atomic E-state index is 0.0139.